The Balaban J connectivity index is 2.16. The van der Waals surface area contributed by atoms with Gasteiger partial charge in [0.05, 0.1) is 18.8 Å². The van der Waals surface area contributed by atoms with Crippen molar-refractivity contribution in [2.24, 2.45) is 0 Å². The van der Waals surface area contributed by atoms with E-state index in [9.17, 15) is 4.79 Å². The third kappa shape index (κ3) is 9.53. The average molecular weight is 338 g/mol. The standard InChI is InChI=1S/C19H30O5/c1-21-13-5-3-4-6-15-23-18-11-9-17(10-12-18)19(20)24-16-8-7-14-22-2/h9-12H,3-8,13-16H2,1-2H3. The minimum atomic E-state index is -0.294. The van der Waals surface area contributed by atoms with Crippen molar-refractivity contribution in [2.45, 2.75) is 38.5 Å². The van der Waals surface area contributed by atoms with Gasteiger partial charge in [0.15, 0.2) is 0 Å². The summed E-state index contributed by atoms with van der Waals surface area (Å²) in [7, 11) is 3.39. The lowest BCUT2D eigenvalue weighted by Gasteiger charge is -2.08. The number of esters is 1. The molecule has 0 saturated carbocycles. The van der Waals surface area contributed by atoms with Crippen LogP contribution in [0.4, 0.5) is 0 Å². The van der Waals surface area contributed by atoms with Crippen LogP contribution in [0, 0.1) is 0 Å². The van der Waals surface area contributed by atoms with Gasteiger partial charge >= 0.3 is 5.97 Å². The van der Waals surface area contributed by atoms with Gasteiger partial charge in [-0.25, -0.2) is 4.79 Å². The van der Waals surface area contributed by atoms with E-state index in [1.807, 2.05) is 12.1 Å². The van der Waals surface area contributed by atoms with E-state index in [1.165, 1.54) is 0 Å². The molecule has 0 aromatic heterocycles. The smallest absolute Gasteiger partial charge is 0.338 e. The molecule has 0 heterocycles. The molecule has 0 atom stereocenters. The van der Waals surface area contributed by atoms with Crippen LogP contribution in [0.15, 0.2) is 24.3 Å². The van der Waals surface area contributed by atoms with Crippen molar-refractivity contribution in [1.82, 2.24) is 0 Å². The quantitative estimate of drug-likeness (QED) is 0.381. The molecule has 1 rings (SSSR count). The summed E-state index contributed by atoms with van der Waals surface area (Å²) < 4.78 is 20.9. The highest BCUT2D eigenvalue weighted by Crippen LogP contribution is 2.14. The molecule has 0 aliphatic carbocycles. The number of carbonyl (C=O) groups excluding carboxylic acids is 1. The van der Waals surface area contributed by atoms with Crippen LogP contribution in [-0.2, 0) is 14.2 Å². The zero-order chi connectivity index (χ0) is 17.5. The summed E-state index contributed by atoms with van der Waals surface area (Å²) in [4.78, 5) is 11.9. The van der Waals surface area contributed by atoms with Crippen molar-refractivity contribution in [3.63, 3.8) is 0 Å². The predicted molar refractivity (Wildman–Crippen MR) is 93.7 cm³/mol. The van der Waals surface area contributed by atoms with Crippen LogP contribution in [0.5, 0.6) is 5.75 Å². The van der Waals surface area contributed by atoms with Crippen LogP contribution in [0.25, 0.3) is 0 Å². The van der Waals surface area contributed by atoms with E-state index in [4.69, 9.17) is 18.9 Å². The molecule has 0 fully saturated rings. The van der Waals surface area contributed by atoms with Gasteiger partial charge in [-0.1, -0.05) is 6.42 Å². The highest BCUT2D eigenvalue weighted by molar-refractivity contribution is 5.89. The number of hydrogen-bond acceptors (Lipinski definition) is 5. The molecule has 1 aromatic rings. The summed E-state index contributed by atoms with van der Waals surface area (Å²) in [5.74, 6) is 0.487. The largest absolute Gasteiger partial charge is 0.494 e. The first kappa shape index (κ1) is 20.5. The summed E-state index contributed by atoms with van der Waals surface area (Å²) >= 11 is 0. The van der Waals surface area contributed by atoms with Gasteiger partial charge in [0.2, 0.25) is 0 Å². The number of benzene rings is 1. The van der Waals surface area contributed by atoms with Crippen LogP contribution in [0.1, 0.15) is 48.9 Å². The minimum absolute atomic E-state index is 0.294. The lowest BCUT2D eigenvalue weighted by molar-refractivity contribution is 0.0489. The molecule has 1 aromatic carbocycles. The Bertz CT molecular complexity index is 430. The SMILES string of the molecule is COCCCCCCOc1ccc(C(=O)OCCCCOC)cc1. The van der Waals surface area contributed by atoms with E-state index in [2.05, 4.69) is 0 Å². The Labute approximate surface area is 145 Å². The van der Waals surface area contributed by atoms with Crippen molar-refractivity contribution in [3.05, 3.63) is 29.8 Å². The maximum atomic E-state index is 11.9. The van der Waals surface area contributed by atoms with Crippen molar-refractivity contribution in [3.8, 4) is 5.75 Å². The van der Waals surface area contributed by atoms with Gasteiger partial charge in [-0.15, -0.1) is 0 Å². The lowest BCUT2D eigenvalue weighted by Crippen LogP contribution is -2.07. The molecule has 5 heteroatoms. The third-order valence-corrected chi connectivity index (χ3v) is 3.58. The highest BCUT2D eigenvalue weighted by atomic mass is 16.5. The molecule has 0 aliphatic rings. The second-order valence-electron chi connectivity index (χ2n) is 5.62. The molecule has 0 aliphatic heterocycles. The molecule has 0 radical (unpaired) electrons. The molecule has 0 unspecified atom stereocenters. The van der Waals surface area contributed by atoms with Crippen molar-refractivity contribution >= 4 is 5.97 Å². The Morgan fingerprint density at radius 1 is 0.750 bits per heavy atom. The van der Waals surface area contributed by atoms with Crippen LogP contribution >= 0.6 is 0 Å². The first-order valence-corrected chi connectivity index (χ1v) is 8.65. The molecule has 136 valence electrons. The van der Waals surface area contributed by atoms with Crippen LogP contribution in [-0.4, -0.2) is 46.6 Å². The number of carbonyl (C=O) groups is 1. The Kier molecular flexibility index (Phi) is 11.8. The number of hydrogen-bond donors (Lipinski definition) is 0. The third-order valence-electron chi connectivity index (χ3n) is 3.58. The van der Waals surface area contributed by atoms with Gasteiger partial charge in [0.1, 0.15) is 5.75 Å². The second kappa shape index (κ2) is 13.8. The van der Waals surface area contributed by atoms with Crippen molar-refractivity contribution in [1.29, 1.82) is 0 Å². The van der Waals surface area contributed by atoms with Gasteiger partial charge in [0, 0.05) is 27.4 Å². The fourth-order valence-corrected chi connectivity index (χ4v) is 2.18. The van der Waals surface area contributed by atoms with E-state index in [1.54, 1.807) is 26.4 Å². The average Bonchev–Trinajstić information content (AvgIpc) is 2.61. The summed E-state index contributed by atoms with van der Waals surface area (Å²) in [6.45, 7) is 2.63. The number of unbranched alkanes of at least 4 members (excludes halogenated alkanes) is 4. The summed E-state index contributed by atoms with van der Waals surface area (Å²) in [6, 6.07) is 7.11. The van der Waals surface area contributed by atoms with Crippen LogP contribution in [0.2, 0.25) is 0 Å². The van der Waals surface area contributed by atoms with Crippen LogP contribution in [0.3, 0.4) is 0 Å². The van der Waals surface area contributed by atoms with Gasteiger partial charge in [-0.05, 0) is 56.4 Å². The maximum Gasteiger partial charge on any atom is 0.338 e. The molecule has 0 bridgehead atoms. The number of ether oxygens (including phenoxy) is 4. The minimum Gasteiger partial charge on any atom is -0.494 e. The Hall–Kier alpha value is -1.59. The molecule has 0 spiro atoms. The number of methoxy groups -OCH3 is 2. The topological polar surface area (TPSA) is 54.0 Å². The molecule has 0 N–H and O–H groups in total. The first-order valence-electron chi connectivity index (χ1n) is 8.65. The second-order valence-corrected chi connectivity index (χ2v) is 5.62. The Morgan fingerprint density at radius 2 is 1.29 bits per heavy atom. The fraction of sp³-hybridized carbons (Fsp3) is 0.632. The summed E-state index contributed by atoms with van der Waals surface area (Å²) in [5, 5.41) is 0. The molecule has 24 heavy (non-hydrogen) atoms. The molecule has 0 amide bonds. The van der Waals surface area contributed by atoms with E-state index in [-0.39, 0.29) is 5.97 Å². The Morgan fingerprint density at radius 3 is 1.92 bits per heavy atom. The van der Waals surface area contributed by atoms with Gasteiger partial charge in [0.25, 0.3) is 0 Å². The summed E-state index contributed by atoms with van der Waals surface area (Å²) in [5.41, 5.74) is 0.550. The highest BCUT2D eigenvalue weighted by Gasteiger charge is 2.07. The van der Waals surface area contributed by atoms with E-state index >= 15 is 0 Å². The predicted octanol–water partition coefficient (Wildman–Crippen LogP) is 3.86. The normalized spacial score (nSPS) is 10.6. The molecular formula is C19H30O5. The van der Waals surface area contributed by atoms with Gasteiger partial charge in [-0.3, -0.25) is 0 Å². The van der Waals surface area contributed by atoms with E-state index in [0.717, 1.165) is 50.9 Å². The molecule has 5 nitrogen and oxygen atoms in total. The van der Waals surface area contributed by atoms with E-state index < -0.39 is 0 Å². The van der Waals surface area contributed by atoms with Gasteiger partial charge in [-0.2, -0.15) is 0 Å². The van der Waals surface area contributed by atoms with Crippen LogP contribution < -0.4 is 4.74 Å². The number of rotatable bonds is 14. The zero-order valence-corrected chi connectivity index (χ0v) is 14.9. The molecule has 0 saturated heterocycles. The van der Waals surface area contributed by atoms with Crippen molar-refractivity contribution < 1.29 is 23.7 Å². The lowest BCUT2D eigenvalue weighted by atomic mass is 10.2. The fourth-order valence-electron chi connectivity index (χ4n) is 2.18. The summed E-state index contributed by atoms with van der Waals surface area (Å²) in [6.07, 6.45) is 6.12. The zero-order valence-electron chi connectivity index (χ0n) is 14.9. The monoisotopic (exact) mass is 338 g/mol. The van der Waals surface area contributed by atoms with E-state index in [0.29, 0.717) is 25.4 Å². The first-order chi connectivity index (χ1) is 11.8. The van der Waals surface area contributed by atoms with Gasteiger partial charge < -0.3 is 18.9 Å². The van der Waals surface area contributed by atoms with Crippen molar-refractivity contribution in [2.75, 3.05) is 40.6 Å². The molecular weight excluding hydrogens is 308 g/mol. The maximum absolute atomic E-state index is 11.9.